The standard InChI is InChI=1S/C26H29ClN4O2S2/c1-5-7-12-30-23(29-15-18-10-8-9-11-21(18)27)19(17(4)20(14-28)24(30)32)13-22-25(33)31(16(3)6-2)26(34)35-22/h8-11,13,16,29H,5-7,12,15H2,1-4H3/b22-13+. The van der Waals surface area contributed by atoms with Crippen LogP contribution in [0.3, 0.4) is 0 Å². The summed E-state index contributed by atoms with van der Waals surface area (Å²) in [6.45, 7) is 8.59. The molecule has 1 aromatic heterocycles. The number of hydrogen-bond acceptors (Lipinski definition) is 6. The van der Waals surface area contributed by atoms with E-state index in [0.29, 0.717) is 44.3 Å². The molecule has 0 bridgehead atoms. The molecule has 1 N–H and O–H groups in total. The van der Waals surface area contributed by atoms with Crippen LogP contribution in [0.15, 0.2) is 34.0 Å². The molecule has 1 atom stereocenters. The van der Waals surface area contributed by atoms with Gasteiger partial charge in [0.2, 0.25) is 0 Å². The van der Waals surface area contributed by atoms with Crippen molar-refractivity contribution >= 4 is 57.7 Å². The number of thioether (sulfide) groups is 1. The number of nitrogens with one attached hydrogen (secondary N) is 1. The van der Waals surface area contributed by atoms with Crippen molar-refractivity contribution in [2.24, 2.45) is 0 Å². The molecule has 0 saturated carbocycles. The second-order valence-electron chi connectivity index (χ2n) is 8.44. The third-order valence-corrected chi connectivity index (χ3v) is 7.84. The maximum Gasteiger partial charge on any atom is 0.270 e. The van der Waals surface area contributed by atoms with E-state index in [2.05, 4.69) is 11.4 Å². The van der Waals surface area contributed by atoms with E-state index >= 15 is 0 Å². The molecule has 1 amide bonds. The van der Waals surface area contributed by atoms with Gasteiger partial charge in [0, 0.05) is 29.7 Å². The molecule has 35 heavy (non-hydrogen) atoms. The van der Waals surface area contributed by atoms with E-state index < -0.39 is 0 Å². The number of anilines is 1. The van der Waals surface area contributed by atoms with Crippen molar-refractivity contribution in [3.8, 4) is 6.07 Å². The Balaban J connectivity index is 2.18. The molecule has 1 aliphatic rings. The minimum atomic E-state index is -0.343. The van der Waals surface area contributed by atoms with Crippen molar-refractivity contribution in [3.05, 3.63) is 66.8 Å². The highest BCUT2D eigenvalue weighted by atomic mass is 35.5. The van der Waals surface area contributed by atoms with Crippen LogP contribution >= 0.6 is 35.6 Å². The molecule has 1 aliphatic heterocycles. The Hall–Kier alpha value is -2.60. The second kappa shape index (κ2) is 11.9. The summed E-state index contributed by atoms with van der Waals surface area (Å²) in [6.07, 6.45) is 4.19. The molecule has 2 aromatic rings. The van der Waals surface area contributed by atoms with Gasteiger partial charge in [0.1, 0.15) is 21.8 Å². The largest absolute Gasteiger partial charge is 0.367 e. The molecule has 6 nitrogen and oxygen atoms in total. The Kier molecular flexibility index (Phi) is 9.17. The first kappa shape index (κ1) is 27.0. The Morgan fingerprint density at radius 3 is 2.63 bits per heavy atom. The summed E-state index contributed by atoms with van der Waals surface area (Å²) in [5.74, 6) is 0.407. The number of amides is 1. The lowest BCUT2D eigenvalue weighted by Crippen LogP contribution is -2.36. The van der Waals surface area contributed by atoms with E-state index in [1.165, 1.54) is 11.8 Å². The van der Waals surface area contributed by atoms with E-state index in [4.69, 9.17) is 23.8 Å². The average molecular weight is 529 g/mol. The van der Waals surface area contributed by atoms with Gasteiger partial charge in [-0.15, -0.1) is 0 Å². The van der Waals surface area contributed by atoms with Crippen LogP contribution in [0.4, 0.5) is 5.82 Å². The number of benzene rings is 1. The molecule has 1 saturated heterocycles. The lowest BCUT2D eigenvalue weighted by molar-refractivity contribution is -0.123. The van der Waals surface area contributed by atoms with Gasteiger partial charge in [0.05, 0.1) is 4.91 Å². The molecule has 0 aliphatic carbocycles. The third-order valence-electron chi connectivity index (χ3n) is 6.14. The van der Waals surface area contributed by atoms with Crippen molar-refractivity contribution in [3.63, 3.8) is 0 Å². The van der Waals surface area contributed by atoms with Gasteiger partial charge in [-0.3, -0.25) is 19.1 Å². The molecule has 3 rings (SSSR count). The van der Waals surface area contributed by atoms with Crippen molar-refractivity contribution in [1.82, 2.24) is 9.47 Å². The summed E-state index contributed by atoms with van der Waals surface area (Å²) in [7, 11) is 0. The smallest absolute Gasteiger partial charge is 0.270 e. The molecular weight excluding hydrogens is 500 g/mol. The Labute approximate surface area is 221 Å². The fourth-order valence-electron chi connectivity index (χ4n) is 3.88. The number of nitrogens with zero attached hydrogens (tertiary/aromatic N) is 3. The molecule has 9 heteroatoms. The van der Waals surface area contributed by atoms with Crippen LogP contribution in [0.1, 0.15) is 62.3 Å². The number of nitriles is 1. The lowest BCUT2D eigenvalue weighted by atomic mass is 10.0. The third kappa shape index (κ3) is 5.64. The zero-order valence-corrected chi connectivity index (χ0v) is 22.7. The van der Waals surface area contributed by atoms with E-state index in [1.54, 1.807) is 22.5 Å². The molecule has 0 radical (unpaired) electrons. The van der Waals surface area contributed by atoms with Crippen molar-refractivity contribution in [1.29, 1.82) is 5.26 Å². The number of carbonyl (C=O) groups excluding carboxylic acids is 1. The summed E-state index contributed by atoms with van der Waals surface area (Å²) < 4.78 is 2.12. The fourth-order valence-corrected chi connectivity index (χ4v) is 5.52. The van der Waals surface area contributed by atoms with E-state index in [1.807, 2.05) is 45.0 Å². The monoisotopic (exact) mass is 528 g/mol. The summed E-state index contributed by atoms with van der Waals surface area (Å²) in [5, 5.41) is 13.8. The van der Waals surface area contributed by atoms with Crippen molar-refractivity contribution in [2.75, 3.05) is 5.32 Å². The van der Waals surface area contributed by atoms with E-state index in [9.17, 15) is 14.9 Å². The predicted octanol–water partition coefficient (Wildman–Crippen LogP) is 6.09. The average Bonchev–Trinajstić information content (AvgIpc) is 3.12. The Morgan fingerprint density at radius 2 is 2.00 bits per heavy atom. The number of carbonyl (C=O) groups is 1. The number of pyridine rings is 1. The highest BCUT2D eigenvalue weighted by molar-refractivity contribution is 8.26. The van der Waals surface area contributed by atoms with Gasteiger partial charge in [-0.25, -0.2) is 0 Å². The van der Waals surface area contributed by atoms with Crippen LogP contribution in [0.25, 0.3) is 6.08 Å². The second-order valence-corrected chi connectivity index (χ2v) is 10.5. The summed E-state index contributed by atoms with van der Waals surface area (Å²) in [5.41, 5.74) is 1.77. The first-order valence-electron chi connectivity index (χ1n) is 11.7. The first-order valence-corrected chi connectivity index (χ1v) is 13.3. The quantitative estimate of drug-likeness (QED) is 0.313. The van der Waals surface area contributed by atoms with Gasteiger partial charge in [-0.1, -0.05) is 74.0 Å². The van der Waals surface area contributed by atoms with Gasteiger partial charge in [0.15, 0.2) is 0 Å². The minimum Gasteiger partial charge on any atom is -0.367 e. The van der Waals surface area contributed by atoms with Gasteiger partial charge in [-0.2, -0.15) is 5.26 Å². The van der Waals surface area contributed by atoms with Gasteiger partial charge in [0.25, 0.3) is 11.5 Å². The zero-order valence-electron chi connectivity index (χ0n) is 20.4. The Bertz CT molecular complexity index is 1280. The molecule has 1 aromatic carbocycles. The molecule has 1 unspecified atom stereocenters. The number of halogens is 1. The number of hydrogen-bond donors (Lipinski definition) is 1. The van der Waals surface area contributed by atoms with Gasteiger partial charge >= 0.3 is 0 Å². The summed E-state index contributed by atoms with van der Waals surface area (Å²) in [6, 6.07) is 9.55. The molecule has 0 spiro atoms. The summed E-state index contributed by atoms with van der Waals surface area (Å²) >= 11 is 13.1. The van der Waals surface area contributed by atoms with Crippen LogP contribution < -0.4 is 10.9 Å². The van der Waals surface area contributed by atoms with Crippen LogP contribution in [0.2, 0.25) is 5.02 Å². The van der Waals surface area contributed by atoms with Crippen molar-refractivity contribution < 1.29 is 4.79 Å². The molecule has 184 valence electrons. The minimum absolute atomic E-state index is 0.0134. The number of aromatic nitrogens is 1. The zero-order chi connectivity index (χ0) is 25.7. The number of thiocarbonyl (C=S) groups is 1. The summed E-state index contributed by atoms with van der Waals surface area (Å²) in [4.78, 5) is 28.6. The predicted molar refractivity (Wildman–Crippen MR) is 149 cm³/mol. The molecule has 1 fully saturated rings. The maximum absolute atomic E-state index is 13.3. The number of rotatable bonds is 9. The SMILES string of the molecule is CCCCn1c(NCc2ccccc2Cl)c(/C=C2/SC(=S)N(C(C)CC)C2=O)c(C)c(C#N)c1=O. The molecular formula is C26H29ClN4O2S2. The van der Waals surface area contributed by atoms with Crippen LogP contribution in [-0.4, -0.2) is 25.7 Å². The van der Waals surface area contributed by atoms with E-state index in [0.717, 1.165) is 24.8 Å². The van der Waals surface area contributed by atoms with E-state index in [-0.39, 0.29) is 23.1 Å². The topological polar surface area (TPSA) is 78.1 Å². The molecule has 2 heterocycles. The van der Waals surface area contributed by atoms with Crippen LogP contribution in [-0.2, 0) is 17.9 Å². The number of unbranched alkanes of at least 4 members (excludes halogenated alkanes) is 1. The first-order chi connectivity index (χ1) is 16.7. The van der Waals surface area contributed by atoms with Crippen LogP contribution in [0, 0.1) is 18.3 Å². The van der Waals surface area contributed by atoms with Gasteiger partial charge in [-0.05, 0) is 50.0 Å². The highest BCUT2D eigenvalue weighted by Gasteiger charge is 2.35. The normalized spacial score (nSPS) is 15.5. The van der Waals surface area contributed by atoms with Crippen molar-refractivity contribution in [2.45, 2.75) is 66.1 Å². The maximum atomic E-state index is 13.3. The van der Waals surface area contributed by atoms with Gasteiger partial charge < -0.3 is 5.32 Å². The fraction of sp³-hybridized carbons (Fsp3) is 0.385. The van der Waals surface area contributed by atoms with Crippen LogP contribution in [0.5, 0.6) is 0 Å². The lowest BCUT2D eigenvalue weighted by Gasteiger charge is -2.22. The Morgan fingerprint density at radius 1 is 1.29 bits per heavy atom. The highest BCUT2D eigenvalue weighted by Crippen LogP contribution is 2.36.